The zero-order valence-electron chi connectivity index (χ0n) is 8.82. The molecule has 0 aliphatic rings. The molecule has 0 aromatic rings. The molecule has 0 aromatic heterocycles. The Morgan fingerprint density at radius 1 is 1.42 bits per heavy atom. The molecule has 1 N–H and O–H groups in total. The van der Waals surface area contributed by atoms with Gasteiger partial charge in [0.1, 0.15) is 0 Å². The second-order valence-corrected chi connectivity index (χ2v) is 3.82. The molecule has 0 amide bonds. The first-order valence-corrected chi connectivity index (χ1v) is 5.08. The Hall–Kier alpha value is -0.460. The standard InChI is InChI=1S/C11H23N/c1-5-6-9-12-11(4)8-7-10(2)3/h10,12H,4-9H2,1-3H3. The predicted molar refractivity (Wildman–Crippen MR) is 56.1 cm³/mol. The monoisotopic (exact) mass is 169 g/mol. The maximum Gasteiger partial charge on any atom is 0.0143 e. The van der Waals surface area contributed by atoms with E-state index in [0.29, 0.717) is 0 Å². The summed E-state index contributed by atoms with van der Waals surface area (Å²) in [6, 6.07) is 0. The van der Waals surface area contributed by atoms with Crippen molar-refractivity contribution >= 4 is 0 Å². The third-order valence-corrected chi connectivity index (χ3v) is 1.93. The number of allylic oxidation sites excluding steroid dienone is 1. The van der Waals surface area contributed by atoms with Crippen molar-refractivity contribution < 1.29 is 0 Å². The molecule has 0 rings (SSSR count). The van der Waals surface area contributed by atoms with Gasteiger partial charge in [0.2, 0.25) is 0 Å². The van der Waals surface area contributed by atoms with Gasteiger partial charge in [-0.05, 0) is 25.2 Å². The Morgan fingerprint density at radius 3 is 2.58 bits per heavy atom. The van der Waals surface area contributed by atoms with Gasteiger partial charge in [0.25, 0.3) is 0 Å². The van der Waals surface area contributed by atoms with E-state index in [1.54, 1.807) is 0 Å². The van der Waals surface area contributed by atoms with Crippen molar-refractivity contribution in [3.8, 4) is 0 Å². The summed E-state index contributed by atoms with van der Waals surface area (Å²) < 4.78 is 0. The lowest BCUT2D eigenvalue weighted by Crippen LogP contribution is -2.14. The van der Waals surface area contributed by atoms with E-state index in [9.17, 15) is 0 Å². The van der Waals surface area contributed by atoms with Crippen LogP contribution in [-0.4, -0.2) is 6.54 Å². The van der Waals surface area contributed by atoms with E-state index in [4.69, 9.17) is 0 Å². The molecule has 0 unspecified atom stereocenters. The molecule has 0 fully saturated rings. The average molecular weight is 169 g/mol. The van der Waals surface area contributed by atoms with Crippen molar-refractivity contribution in [1.82, 2.24) is 5.32 Å². The number of nitrogens with one attached hydrogen (secondary N) is 1. The van der Waals surface area contributed by atoms with Crippen molar-refractivity contribution in [2.24, 2.45) is 5.92 Å². The van der Waals surface area contributed by atoms with Crippen LogP contribution < -0.4 is 5.32 Å². The molecule has 0 aliphatic carbocycles. The predicted octanol–water partition coefficient (Wildman–Crippen LogP) is 3.33. The molecule has 0 aliphatic heterocycles. The molecule has 1 heteroatoms. The number of hydrogen-bond acceptors (Lipinski definition) is 1. The molecule has 0 spiro atoms. The van der Waals surface area contributed by atoms with E-state index in [-0.39, 0.29) is 0 Å². The van der Waals surface area contributed by atoms with E-state index in [2.05, 4.69) is 32.7 Å². The Balaban J connectivity index is 3.22. The first-order valence-electron chi connectivity index (χ1n) is 5.08. The minimum atomic E-state index is 0.787. The fourth-order valence-corrected chi connectivity index (χ4v) is 0.993. The Labute approximate surface area is 77.2 Å². The summed E-state index contributed by atoms with van der Waals surface area (Å²) in [5, 5.41) is 3.34. The van der Waals surface area contributed by atoms with Crippen molar-refractivity contribution in [2.45, 2.75) is 46.5 Å². The second kappa shape index (κ2) is 7.20. The van der Waals surface area contributed by atoms with Crippen LogP contribution >= 0.6 is 0 Å². The van der Waals surface area contributed by atoms with Crippen molar-refractivity contribution in [1.29, 1.82) is 0 Å². The van der Waals surface area contributed by atoms with Crippen molar-refractivity contribution in [2.75, 3.05) is 6.54 Å². The van der Waals surface area contributed by atoms with E-state index >= 15 is 0 Å². The fraction of sp³-hybridized carbons (Fsp3) is 0.818. The first-order chi connectivity index (χ1) is 5.66. The van der Waals surface area contributed by atoms with Crippen LogP contribution in [0.15, 0.2) is 12.3 Å². The number of rotatable bonds is 7. The second-order valence-electron chi connectivity index (χ2n) is 3.82. The van der Waals surface area contributed by atoms with E-state index < -0.39 is 0 Å². The third-order valence-electron chi connectivity index (χ3n) is 1.93. The normalized spacial score (nSPS) is 10.3. The van der Waals surface area contributed by atoms with Crippen LogP contribution in [0.1, 0.15) is 46.5 Å². The zero-order valence-corrected chi connectivity index (χ0v) is 8.82. The van der Waals surface area contributed by atoms with Gasteiger partial charge in [0.15, 0.2) is 0 Å². The van der Waals surface area contributed by atoms with Gasteiger partial charge in [-0.3, -0.25) is 0 Å². The highest BCUT2D eigenvalue weighted by Gasteiger charge is 1.96. The lowest BCUT2D eigenvalue weighted by Gasteiger charge is -2.09. The SMILES string of the molecule is C=C(CCC(C)C)NCCCC. The number of hydrogen-bond donors (Lipinski definition) is 1. The summed E-state index contributed by atoms with van der Waals surface area (Å²) in [6.45, 7) is 11.8. The Morgan fingerprint density at radius 2 is 2.08 bits per heavy atom. The smallest absolute Gasteiger partial charge is 0.0143 e. The molecular weight excluding hydrogens is 146 g/mol. The zero-order chi connectivity index (χ0) is 9.40. The molecule has 0 bridgehead atoms. The van der Waals surface area contributed by atoms with Gasteiger partial charge >= 0.3 is 0 Å². The van der Waals surface area contributed by atoms with Gasteiger partial charge in [-0.15, -0.1) is 0 Å². The van der Waals surface area contributed by atoms with Crippen LogP contribution in [-0.2, 0) is 0 Å². The van der Waals surface area contributed by atoms with Crippen LogP contribution in [0.5, 0.6) is 0 Å². The van der Waals surface area contributed by atoms with Crippen molar-refractivity contribution in [3.05, 3.63) is 12.3 Å². The average Bonchev–Trinajstić information content (AvgIpc) is 2.01. The molecule has 0 heterocycles. The summed E-state index contributed by atoms with van der Waals surface area (Å²) in [5.41, 5.74) is 1.21. The minimum absolute atomic E-state index is 0.787. The Bertz CT molecular complexity index is 116. The third kappa shape index (κ3) is 7.64. The van der Waals surface area contributed by atoms with Gasteiger partial charge in [-0.25, -0.2) is 0 Å². The highest BCUT2D eigenvalue weighted by Crippen LogP contribution is 2.07. The van der Waals surface area contributed by atoms with Crippen LogP contribution in [0.25, 0.3) is 0 Å². The molecule has 0 aromatic carbocycles. The van der Waals surface area contributed by atoms with Crippen LogP contribution in [0.2, 0.25) is 0 Å². The largest absolute Gasteiger partial charge is 0.389 e. The van der Waals surface area contributed by atoms with E-state index in [1.807, 2.05) is 0 Å². The highest BCUT2D eigenvalue weighted by atomic mass is 14.9. The lowest BCUT2D eigenvalue weighted by atomic mass is 10.1. The maximum absolute atomic E-state index is 3.99. The van der Waals surface area contributed by atoms with Gasteiger partial charge in [-0.2, -0.15) is 0 Å². The molecule has 72 valence electrons. The lowest BCUT2D eigenvalue weighted by molar-refractivity contribution is 0.564. The Kier molecular flexibility index (Phi) is 6.93. The maximum atomic E-state index is 3.99. The summed E-state index contributed by atoms with van der Waals surface area (Å²) in [6.07, 6.45) is 4.88. The van der Waals surface area contributed by atoms with Gasteiger partial charge in [0.05, 0.1) is 0 Å². The van der Waals surface area contributed by atoms with E-state index in [1.165, 1.54) is 25.0 Å². The highest BCUT2D eigenvalue weighted by molar-refractivity contribution is 4.90. The topological polar surface area (TPSA) is 12.0 Å². The van der Waals surface area contributed by atoms with Gasteiger partial charge in [0, 0.05) is 12.2 Å². The minimum Gasteiger partial charge on any atom is -0.389 e. The molecular formula is C11H23N. The molecule has 0 saturated heterocycles. The number of unbranched alkanes of at least 4 members (excludes halogenated alkanes) is 1. The summed E-state index contributed by atoms with van der Waals surface area (Å²) >= 11 is 0. The summed E-state index contributed by atoms with van der Waals surface area (Å²) in [4.78, 5) is 0. The molecule has 0 saturated carbocycles. The molecule has 0 radical (unpaired) electrons. The first kappa shape index (κ1) is 11.5. The van der Waals surface area contributed by atoms with E-state index in [0.717, 1.165) is 18.9 Å². The van der Waals surface area contributed by atoms with Gasteiger partial charge in [-0.1, -0.05) is 33.8 Å². The van der Waals surface area contributed by atoms with Crippen LogP contribution in [0.4, 0.5) is 0 Å². The van der Waals surface area contributed by atoms with Gasteiger partial charge < -0.3 is 5.32 Å². The molecule has 0 atom stereocenters. The quantitative estimate of drug-likeness (QED) is 0.576. The molecule has 1 nitrogen and oxygen atoms in total. The summed E-state index contributed by atoms with van der Waals surface area (Å²) in [5.74, 6) is 0.787. The van der Waals surface area contributed by atoms with Crippen LogP contribution in [0.3, 0.4) is 0 Å². The fourth-order valence-electron chi connectivity index (χ4n) is 0.993. The van der Waals surface area contributed by atoms with Crippen LogP contribution in [0, 0.1) is 5.92 Å². The molecule has 12 heavy (non-hydrogen) atoms. The summed E-state index contributed by atoms with van der Waals surface area (Å²) in [7, 11) is 0. The van der Waals surface area contributed by atoms with Crippen molar-refractivity contribution in [3.63, 3.8) is 0 Å².